The zero-order valence-corrected chi connectivity index (χ0v) is 17.1. The molecule has 8 heteroatoms. The molecule has 0 radical (unpaired) electrons. The Morgan fingerprint density at radius 3 is 2.67 bits per heavy atom. The number of halogens is 2. The second-order valence-electron chi connectivity index (χ2n) is 5.92. The highest BCUT2D eigenvalue weighted by Crippen LogP contribution is 2.22. The summed E-state index contributed by atoms with van der Waals surface area (Å²) in [7, 11) is 0. The summed E-state index contributed by atoms with van der Waals surface area (Å²) in [6.07, 6.45) is 9.34. The average Bonchev–Trinajstić information content (AvgIpc) is 3.19. The number of hydrogen-bond acceptors (Lipinski definition) is 6. The molecule has 5 nitrogen and oxygen atoms in total. The Hall–Kier alpha value is -1.99. The van der Waals surface area contributed by atoms with E-state index in [0.29, 0.717) is 0 Å². The van der Waals surface area contributed by atoms with E-state index in [-0.39, 0.29) is 24.8 Å². The van der Waals surface area contributed by atoms with E-state index in [1.165, 1.54) is 5.56 Å². The van der Waals surface area contributed by atoms with E-state index in [4.69, 9.17) is 0 Å². The van der Waals surface area contributed by atoms with Gasteiger partial charge >= 0.3 is 0 Å². The first-order valence-corrected chi connectivity index (χ1v) is 9.21. The second-order valence-corrected chi connectivity index (χ2v) is 6.81. The number of hydrogen-bond donors (Lipinski definition) is 1. The molecule has 27 heavy (non-hydrogen) atoms. The highest BCUT2D eigenvalue weighted by atomic mass is 35.5. The smallest absolute Gasteiger partial charge is 0.141 e. The van der Waals surface area contributed by atoms with Crippen LogP contribution in [0.5, 0.6) is 0 Å². The van der Waals surface area contributed by atoms with E-state index in [2.05, 4.69) is 43.4 Å². The third kappa shape index (κ3) is 5.74. The predicted molar refractivity (Wildman–Crippen MR) is 116 cm³/mol. The largest absolute Gasteiger partial charge is 0.325 e. The quantitative estimate of drug-likeness (QED) is 0.590. The SMILES string of the molecule is C1=CCN(Cc2ccc(Nc3cccc(-c4nccs4)n3)nc2)CC1.Cl.Cl. The van der Waals surface area contributed by atoms with Crippen molar-refractivity contribution in [3.63, 3.8) is 0 Å². The van der Waals surface area contributed by atoms with E-state index in [1.54, 1.807) is 17.5 Å². The lowest BCUT2D eigenvalue weighted by Gasteiger charge is -2.22. The minimum atomic E-state index is 0. The van der Waals surface area contributed by atoms with E-state index < -0.39 is 0 Å². The van der Waals surface area contributed by atoms with Crippen molar-refractivity contribution >= 4 is 47.8 Å². The van der Waals surface area contributed by atoms with Crippen molar-refractivity contribution in [2.45, 2.75) is 13.0 Å². The van der Waals surface area contributed by atoms with Crippen LogP contribution in [0.1, 0.15) is 12.0 Å². The lowest BCUT2D eigenvalue weighted by molar-refractivity contribution is 0.290. The van der Waals surface area contributed by atoms with Crippen molar-refractivity contribution in [2.24, 2.45) is 0 Å². The molecule has 1 N–H and O–H groups in total. The third-order valence-electron chi connectivity index (χ3n) is 4.03. The number of pyridine rings is 2. The van der Waals surface area contributed by atoms with E-state index in [1.807, 2.05) is 35.8 Å². The van der Waals surface area contributed by atoms with E-state index >= 15 is 0 Å². The number of aromatic nitrogens is 3. The normalized spacial score (nSPS) is 13.5. The minimum absolute atomic E-state index is 0. The molecule has 0 bridgehead atoms. The summed E-state index contributed by atoms with van der Waals surface area (Å²) in [5, 5.41) is 6.14. The first kappa shape index (κ1) is 21.3. The maximum atomic E-state index is 4.61. The van der Waals surface area contributed by atoms with Crippen LogP contribution in [-0.2, 0) is 6.54 Å². The fourth-order valence-electron chi connectivity index (χ4n) is 2.79. The maximum absolute atomic E-state index is 4.61. The number of nitrogens with zero attached hydrogens (tertiary/aromatic N) is 4. The van der Waals surface area contributed by atoms with Crippen LogP contribution in [0.3, 0.4) is 0 Å². The summed E-state index contributed by atoms with van der Waals surface area (Å²) < 4.78 is 0. The fraction of sp³-hybridized carbons (Fsp3) is 0.211. The van der Waals surface area contributed by atoms with Gasteiger partial charge in [-0.1, -0.05) is 24.3 Å². The second kappa shape index (κ2) is 10.4. The standard InChI is InChI=1S/C19H19N5S.2ClH/c1-2-10-24(11-3-1)14-15-7-8-17(21-13-15)23-18-6-4-5-16(22-18)19-20-9-12-25-19;;/h1-2,4-9,12-13H,3,10-11,14H2,(H,21,22,23);2*1H. The Bertz CT molecular complexity index is 853. The molecule has 4 heterocycles. The van der Waals surface area contributed by atoms with Gasteiger partial charge < -0.3 is 5.32 Å². The molecule has 142 valence electrons. The summed E-state index contributed by atoms with van der Waals surface area (Å²) in [5.41, 5.74) is 2.10. The van der Waals surface area contributed by atoms with Crippen LogP contribution < -0.4 is 5.32 Å². The molecule has 1 aliphatic heterocycles. The first-order chi connectivity index (χ1) is 12.4. The fourth-order valence-corrected chi connectivity index (χ4v) is 3.39. The van der Waals surface area contributed by atoms with Crippen molar-refractivity contribution in [2.75, 3.05) is 18.4 Å². The van der Waals surface area contributed by atoms with Crippen LogP contribution in [-0.4, -0.2) is 32.9 Å². The molecule has 3 aromatic heterocycles. The Kier molecular flexibility index (Phi) is 8.19. The van der Waals surface area contributed by atoms with Gasteiger partial charge in [-0.25, -0.2) is 15.0 Å². The minimum Gasteiger partial charge on any atom is -0.325 e. The van der Waals surface area contributed by atoms with Gasteiger partial charge in [-0.15, -0.1) is 36.2 Å². The molecule has 0 saturated carbocycles. The monoisotopic (exact) mass is 421 g/mol. The molecule has 0 spiro atoms. The van der Waals surface area contributed by atoms with Crippen molar-refractivity contribution in [3.05, 3.63) is 65.8 Å². The molecule has 0 aromatic carbocycles. The van der Waals surface area contributed by atoms with Crippen molar-refractivity contribution < 1.29 is 0 Å². The van der Waals surface area contributed by atoms with Gasteiger partial charge in [-0.2, -0.15) is 0 Å². The van der Waals surface area contributed by atoms with Crippen LogP contribution in [0.2, 0.25) is 0 Å². The van der Waals surface area contributed by atoms with Gasteiger partial charge in [0.25, 0.3) is 0 Å². The number of anilines is 2. The van der Waals surface area contributed by atoms with Crippen LogP contribution in [0, 0.1) is 0 Å². The van der Waals surface area contributed by atoms with Gasteiger partial charge in [0, 0.05) is 37.4 Å². The summed E-state index contributed by atoms with van der Waals surface area (Å²) in [6.45, 7) is 3.08. The van der Waals surface area contributed by atoms with E-state index in [0.717, 1.165) is 48.4 Å². The van der Waals surface area contributed by atoms with Gasteiger partial charge in [0.2, 0.25) is 0 Å². The molecule has 3 aromatic rings. The van der Waals surface area contributed by atoms with Gasteiger partial charge in [0.15, 0.2) is 0 Å². The zero-order chi connectivity index (χ0) is 16.9. The Labute approximate surface area is 175 Å². The Balaban J connectivity index is 0.00000131. The lowest BCUT2D eigenvalue weighted by atomic mass is 10.2. The molecule has 0 saturated heterocycles. The summed E-state index contributed by atoms with van der Waals surface area (Å²) in [6, 6.07) is 10.0. The van der Waals surface area contributed by atoms with E-state index in [9.17, 15) is 0 Å². The van der Waals surface area contributed by atoms with Crippen LogP contribution in [0.25, 0.3) is 10.7 Å². The van der Waals surface area contributed by atoms with Crippen molar-refractivity contribution in [3.8, 4) is 10.7 Å². The highest BCUT2D eigenvalue weighted by Gasteiger charge is 2.08. The third-order valence-corrected chi connectivity index (χ3v) is 4.83. The number of thiazole rings is 1. The Morgan fingerprint density at radius 1 is 1.04 bits per heavy atom. The number of nitrogens with one attached hydrogen (secondary N) is 1. The molecular weight excluding hydrogens is 401 g/mol. The Morgan fingerprint density at radius 2 is 1.96 bits per heavy atom. The molecule has 4 rings (SSSR count). The van der Waals surface area contributed by atoms with Gasteiger partial charge in [0.1, 0.15) is 22.3 Å². The molecule has 1 aliphatic rings. The highest BCUT2D eigenvalue weighted by molar-refractivity contribution is 7.13. The lowest BCUT2D eigenvalue weighted by Crippen LogP contribution is -2.26. The molecule has 0 fully saturated rings. The van der Waals surface area contributed by atoms with Gasteiger partial charge in [-0.3, -0.25) is 4.90 Å². The number of rotatable bonds is 5. The summed E-state index contributed by atoms with van der Waals surface area (Å²) >= 11 is 1.58. The average molecular weight is 422 g/mol. The maximum Gasteiger partial charge on any atom is 0.141 e. The molecule has 0 aliphatic carbocycles. The first-order valence-electron chi connectivity index (χ1n) is 8.33. The zero-order valence-electron chi connectivity index (χ0n) is 14.6. The van der Waals surface area contributed by atoms with Crippen molar-refractivity contribution in [1.82, 2.24) is 19.9 Å². The molecule has 0 atom stereocenters. The van der Waals surface area contributed by atoms with Crippen LogP contribution >= 0.6 is 36.2 Å². The van der Waals surface area contributed by atoms with Crippen molar-refractivity contribution in [1.29, 1.82) is 0 Å². The van der Waals surface area contributed by atoms with Crippen LogP contribution in [0.15, 0.2) is 60.3 Å². The van der Waals surface area contributed by atoms with Gasteiger partial charge in [-0.05, 0) is 30.2 Å². The van der Waals surface area contributed by atoms with Gasteiger partial charge in [0.05, 0.1) is 0 Å². The predicted octanol–water partition coefficient (Wildman–Crippen LogP) is 4.95. The molecule has 0 amide bonds. The molecular formula is C19H21Cl2N5S. The van der Waals surface area contributed by atoms with Crippen LogP contribution in [0.4, 0.5) is 11.6 Å². The summed E-state index contributed by atoms with van der Waals surface area (Å²) in [5.74, 6) is 1.57. The summed E-state index contributed by atoms with van der Waals surface area (Å²) in [4.78, 5) is 15.9. The molecule has 0 unspecified atom stereocenters. The topological polar surface area (TPSA) is 53.9 Å².